The Morgan fingerprint density at radius 2 is 2.19 bits per heavy atom. The quantitative estimate of drug-likeness (QED) is 0.845. The van der Waals surface area contributed by atoms with Crippen molar-refractivity contribution in [2.75, 3.05) is 20.6 Å². The lowest BCUT2D eigenvalue weighted by atomic mass is 10.5. The highest BCUT2D eigenvalue weighted by molar-refractivity contribution is 7.89. The zero-order valence-corrected chi connectivity index (χ0v) is 11.5. The molecule has 0 aliphatic heterocycles. The molecule has 0 spiro atoms. The van der Waals surface area contributed by atoms with Crippen LogP contribution in [0.4, 0.5) is 0 Å². The maximum Gasteiger partial charge on any atom is 0.243 e. The topological polar surface area (TPSA) is 49.4 Å². The minimum absolute atomic E-state index is 0.433. The monoisotopic (exact) mass is 262 g/mol. The summed E-state index contributed by atoms with van der Waals surface area (Å²) in [6.07, 6.45) is 0.821. The average molecular weight is 262 g/mol. The molecule has 92 valence electrons. The summed E-state index contributed by atoms with van der Waals surface area (Å²) >= 11 is 1.47. The van der Waals surface area contributed by atoms with Crippen LogP contribution >= 0.6 is 11.3 Å². The first-order valence-corrected chi connectivity index (χ1v) is 7.53. The molecule has 1 rings (SSSR count). The largest absolute Gasteiger partial charge is 0.315 e. The highest BCUT2D eigenvalue weighted by Crippen LogP contribution is 2.24. The molecule has 0 bridgehead atoms. The molecule has 0 radical (unpaired) electrons. The van der Waals surface area contributed by atoms with Gasteiger partial charge in [0, 0.05) is 25.0 Å². The fourth-order valence-corrected chi connectivity index (χ4v) is 4.14. The predicted octanol–water partition coefficient (Wildman–Crippen LogP) is 1.50. The molecule has 4 nitrogen and oxygen atoms in total. The molecule has 0 aromatic carbocycles. The Labute approximate surface area is 101 Å². The lowest BCUT2D eigenvalue weighted by Crippen LogP contribution is -2.28. The Hall–Kier alpha value is -0.430. The fraction of sp³-hybridized carbons (Fsp3) is 0.600. The minimum Gasteiger partial charge on any atom is -0.315 e. The molecule has 1 aromatic heterocycles. The normalized spacial score (nSPS) is 12.2. The van der Waals surface area contributed by atoms with Gasteiger partial charge in [0.1, 0.15) is 0 Å². The second kappa shape index (κ2) is 5.77. The van der Waals surface area contributed by atoms with Crippen LogP contribution in [-0.4, -0.2) is 33.4 Å². The number of nitrogens with one attached hydrogen (secondary N) is 1. The molecule has 0 saturated heterocycles. The first-order chi connectivity index (χ1) is 7.54. The number of rotatable bonds is 6. The van der Waals surface area contributed by atoms with E-state index in [4.69, 9.17) is 0 Å². The van der Waals surface area contributed by atoms with Gasteiger partial charge in [-0.3, -0.25) is 0 Å². The minimum atomic E-state index is -3.31. The molecule has 16 heavy (non-hydrogen) atoms. The van der Waals surface area contributed by atoms with Crippen LogP contribution in [0.5, 0.6) is 0 Å². The van der Waals surface area contributed by atoms with Crippen LogP contribution in [0, 0.1) is 0 Å². The van der Waals surface area contributed by atoms with Crippen LogP contribution in [0.3, 0.4) is 0 Å². The second-order valence-electron chi connectivity index (χ2n) is 3.56. The molecule has 0 unspecified atom stereocenters. The summed E-state index contributed by atoms with van der Waals surface area (Å²) in [4.78, 5) is 1.30. The van der Waals surface area contributed by atoms with Crippen molar-refractivity contribution in [3.8, 4) is 0 Å². The molecular weight excluding hydrogens is 244 g/mol. The SMILES string of the molecule is CCCN(C)S(=O)(=O)c1ccsc1CNC. The van der Waals surface area contributed by atoms with Crippen LogP contribution in [0.15, 0.2) is 16.3 Å². The van der Waals surface area contributed by atoms with Crippen molar-refractivity contribution in [2.45, 2.75) is 24.8 Å². The van der Waals surface area contributed by atoms with E-state index in [1.165, 1.54) is 15.6 Å². The van der Waals surface area contributed by atoms with Crippen molar-refractivity contribution in [2.24, 2.45) is 0 Å². The Morgan fingerprint density at radius 3 is 2.75 bits per heavy atom. The average Bonchev–Trinajstić information content (AvgIpc) is 2.67. The van der Waals surface area contributed by atoms with Gasteiger partial charge in [-0.2, -0.15) is 0 Å². The van der Waals surface area contributed by atoms with E-state index in [-0.39, 0.29) is 0 Å². The van der Waals surface area contributed by atoms with Gasteiger partial charge in [-0.25, -0.2) is 12.7 Å². The Balaban J connectivity index is 3.02. The summed E-state index contributed by atoms with van der Waals surface area (Å²) < 4.78 is 25.8. The predicted molar refractivity (Wildman–Crippen MR) is 67.2 cm³/mol. The van der Waals surface area contributed by atoms with E-state index in [1.807, 2.05) is 19.4 Å². The molecule has 1 N–H and O–H groups in total. The molecule has 0 amide bonds. The van der Waals surface area contributed by atoms with Crippen LogP contribution in [-0.2, 0) is 16.6 Å². The van der Waals surface area contributed by atoms with Crippen LogP contribution < -0.4 is 5.32 Å². The van der Waals surface area contributed by atoms with Gasteiger partial charge in [0.05, 0.1) is 4.90 Å². The van der Waals surface area contributed by atoms with Gasteiger partial charge in [0.2, 0.25) is 10.0 Å². The zero-order chi connectivity index (χ0) is 12.2. The smallest absolute Gasteiger partial charge is 0.243 e. The summed E-state index contributed by atoms with van der Waals surface area (Å²) in [6.45, 7) is 3.11. The molecule has 0 aliphatic rings. The fourth-order valence-electron chi connectivity index (χ4n) is 1.45. The maximum atomic E-state index is 12.2. The van der Waals surface area contributed by atoms with Crippen LogP contribution in [0.2, 0.25) is 0 Å². The molecule has 0 atom stereocenters. The van der Waals surface area contributed by atoms with E-state index in [2.05, 4.69) is 5.32 Å². The third-order valence-electron chi connectivity index (χ3n) is 2.27. The van der Waals surface area contributed by atoms with Crippen molar-refractivity contribution < 1.29 is 8.42 Å². The van der Waals surface area contributed by atoms with Gasteiger partial charge in [-0.05, 0) is 24.9 Å². The number of nitrogens with zero attached hydrogens (tertiary/aromatic N) is 1. The third kappa shape index (κ3) is 2.82. The zero-order valence-electron chi connectivity index (χ0n) is 9.86. The Morgan fingerprint density at radius 1 is 1.50 bits per heavy atom. The second-order valence-corrected chi connectivity index (χ2v) is 6.58. The van der Waals surface area contributed by atoms with E-state index < -0.39 is 10.0 Å². The number of hydrogen-bond acceptors (Lipinski definition) is 4. The van der Waals surface area contributed by atoms with Crippen molar-refractivity contribution in [3.63, 3.8) is 0 Å². The maximum absolute atomic E-state index is 12.2. The van der Waals surface area contributed by atoms with E-state index in [0.29, 0.717) is 18.0 Å². The molecule has 0 saturated carbocycles. The number of thiophene rings is 1. The van der Waals surface area contributed by atoms with Gasteiger partial charge in [0.25, 0.3) is 0 Å². The molecule has 0 aliphatic carbocycles. The van der Waals surface area contributed by atoms with Crippen molar-refractivity contribution in [1.82, 2.24) is 9.62 Å². The lowest BCUT2D eigenvalue weighted by molar-refractivity contribution is 0.468. The molecule has 6 heteroatoms. The molecule has 0 fully saturated rings. The highest BCUT2D eigenvalue weighted by Gasteiger charge is 2.23. The van der Waals surface area contributed by atoms with E-state index >= 15 is 0 Å². The van der Waals surface area contributed by atoms with Gasteiger partial charge in [-0.1, -0.05) is 6.92 Å². The third-order valence-corrected chi connectivity index (χ3v) is 5.26. The van der Waals surface area contributed by atoms with E-state index in [0.717, 1.165) is 11.3 Å². The van der Waals surface area contributed by atoms with Gasteiger partial charge >= 0.3 is 0 Å². The Bertz CT molecular complexity index is 426. The summed E-state index contributed by atoms with van der Waals surface area (Å²) in [6, 6.07) is 1.68. The van der Waals surface area contributed by atoms with Crippen molar-refractivity contribution >= 4 is 21.4 Å². The van der Waals surface area contributed by atoms with E-state index in [9.17, 15) is 8.42 Å². The standard InChI is InChI=1S/C10H18N2O2S2/c1-4-6-12(3)16(13,14)10-5-7-15-9(10)8-11-2/h5,7,11H,4,6,8H2,1-3H3. The van der Waals surface area contributed by atoms with Crippen molar-refractivity contribution in [1.29, 1.82) is 0 Å². The van der Waals surface area contributed by atoms with Gasteiger partial charge in [0.15, 0.2) is 0 Å². The summed E-state index contributed by atoms with van der Waals surface area (Å²) in [7, 11) is 0.129. The molecule has 1 heterocycles. The van der Waals surface area contributed by atoms with Gasteiger partial charge < -0.3 is 5.32 Å². The summed E-state index contributed by atoms with van der Waals surface area (Å²) in [5.41, 5.74) is 0. The highest BCUT2D eigenvalue weighted by atomic mass is 32.2. The summed E-state index contributed by atoms with van der Waals surface area (Å²) in [5.74, 6) is 0. The van der Waals surface area contributed by atoms with Crippen LogP contribution in [0.1, 0.15) is 18.2 Å². The van der Waals surface area contributed by atoms with Crippen molar-refractivity contribution in [3.05, 3.63) is 16.3 Å². The Kier molecular flexibility index (Phi) is 4.91. The first kappa shape index (κ1) is 13.6. The first-order valence-electron chi connectivity index (χ1n) is 5.21. The molecular formula is C10H18N2O2S2. The van der Waals surface area contributed by atoms with E-state index in [1.54, 1.807) is 13.1 Å². The lowest BCUT2D eigenvalue weighted by Gasteiger charge is -2.16. The summed E-state index contributed by atoms with van der Waals surface area (Å²) in [5, 5.41) is 4.80. The van der Waals surface area contributed by atoms with Crippen LogP contribution in [0.25, 0.3) is 0 Å². The van der Waals surface area contributed by atoms with Gasteiger partial charge in [-0.15, -0.1) is 11.3 Å². The number of sulfonamides is 1. The molecule has 1 aromatic rings. The number of hydrogen-bond donors (Lipinski definition) is 1.